The highest BCUT2D eigenvalue weighted by Gasteiger charge is 2.32. The van der Waals surface area contributed by atoms with Gasteiger partial charge in [-0.1, -0.05) is 11.6 Å². The molecule has 7 heteroatoms. The highest BCUT2D eigenvalue weighted by Crippen LogP contribution is 2.39. The summed E-state index contributed by atoms with van der Waals surface area (Å²) in [5, 5.41) is 0. The summed E-state index contributed by atoms with van der Waals surface area (Å²) >= 11 is 0. The molecule has 0 aromatic heterocycles. The van der Waals surface area contributed by atoms with Gasteiger partial charge in [-0.05, 0) is 50.1 Å². The van der Waals surface area contributed by atoms with E-state index in [9.17, 15) is 9.59 Å². The number of rotatable bonds is 7. The van der Waals surface area contributed by atoms with Crippen LogP contribution in [0.15, 0.2) is 36.4 Å². The summed E-state index contributed by atoms with van der Waals surface area (Å²) in [7, 11) is 4.69. The van der Waals surface area contributed by atoms with Crippen LogP contribution in [0.4, 0.5) is 0 Å². The summed E-state index contributed by atoms with van der Waals surface area (Å²) in [4.78, 5) is 27.1. The van der Waals surface area contributed by atoms with Gasteiger partial charge in [0.05, 0.1) is 27.4 Å². The first-order chi connectivity index (χ1) is 14.5. The molecule has 7 nitrogen and oxygen atoms in total. The molecule has 0 saturated carbocycles. The molecule has 1 amide bonds. The van der Waals surface area contributed by atoms with Gasteiger partial charge in [-0.15, -0.1) is 0 Å². The van der Waals surface area contributed by atoms with Crippen LogP contribution in [0.3, 0.4) is 0 Å². The highest BCUT2D eigenvalue weighted by molar-refractivity contribution is 5.94. The van der Waals surface area contributed by atoms with E-state index < -0.39 is 5.97 Å². The van der Waals surface area contributed by atoms with Gasteiger partial charge >= 0.3 is 5.97 Å². The van der Waals surface area contributed by atoms with Crippen molar-refractivity contribution in [1.29, 1.82) is 0 Å². The number of ether oxygens (including phenoxy) is 4. The van der Waals surface area contributed by atoms with Crippen LogP contribution in [0.2, 0.25) is 0 Å². The number of hydrogen-bond donors (Lipinski definition) is 0. The summed E-state index contributed by atoms with van der Waals surface area (Å²) in [6, 6.07) is 10.6. The van der Waals surface area contributed by atoms with Crippen LogP contribution in [-0.2, 0) is 9.53 Å². The fourth-order valence-electron chi connectivity index (χ4n) is 3.76. The average Bonchev–Trinajstić information content (AvgIpc) is 3.26. The third-order valence-corrected chi connectivity index (χ3v) is 5.27. The van der Waals surface area contributed by atoms with Crippen molar-refractivity contribution in [1.82, 2.24) is 4.90 Å². The molecule has 0 unspecified atom stereocenters. The molecule has 0 radical (unpaired) electrons. The normalized spacial score (nSPS) is 15.6. The largest absolute Gasteiger partial charge is 0.497 e. The van der Waals surface area contributed by atoms with Crippen LogP contribution in [-0.4, -0.2) is 51.3 Å². The molecule has 2 aromatic carbocycles. The van der Waals surface area contributed by atoms with Crippen LogP contribution in [0.25, 0.3) is 0 Å². The predicted octanol–water partition coefficient (Wildman–Crippen LogP) is 3.54. The number of methoxy groups -OCH3 is 3. The fourth-order valence-corrected chi connectivity index (χ4v) is 3.76. The maximum absolute atomic E-state index is 12.9. The van der Waals surface area contributed by atoms with Crippen molar-refractivity contribution in [2.24, 2.45) is 0 Å². The molecule has 3 rings (SSSR count). The van der Waals surface area contributed by atoms with Crippen molar-refractivity contribution in [2.45, 2.75) is 25.8 Å². The van der Waals surface area contributed by atoms with E-state index in [1.807, 2.05) is 31.2 Å². The first-order valence-corrected chi connectivity index (χ1v) is 9.81. The second-order valence-electron chi connectivity index (χ2n) is 7.13. The number of benzene rings is 2. The molecular weight excluding hydrogens is 386 g/mol. The molecule has 1 aliphatic rings. The van der Waals surface area contributed by atoms with E-state index in [4.69, 9.17) is 18.9 Å². The van der Waals surface area contributed by atoms with Crippen molar-refractivity contribution in [2.75, 3.05) is 34.5 Å². The Hall–Kier alpha value is -3.22. The first-order valence-electron chi connectivity index (χ1n) is 9.81. The lowest BCUT2D eigenvalue weighted by Gasteiger charge is -2.26. The number of hydrogen-bond acceptors (Lipinski definition) is 6. The van der Waals surface area contributed by atoms with E-state index in [1.165, 1.54) is 7.11 Å². The zero-order chi connectivity index (χ0) is 21.7. The quantitative estimate of drug-likeness (QED) is 0.647. The summed E-state index contributed by atoms with van der Waals surface area (Å²) in [5.74, 6) is 0.976. The summed E-state index contributed by atoms with van der Waals surface area (Å²) in [6.07, 6.45) is 1.66. The van der Waals surface area contributed by atoms with Gasteiger partial charge in [-0.2, -0.15) is 0 Å². The number of aryl methyl sites for hydroxylation is 1. The summed E-state index contributed by atoms with van der Waals surface area (Å²) in [5.41, 5.74) is 2.09. The third kappa shape index (κ3) is 4.50. The number of amides is 1. The molecule has 1 fully saturated rings. The van der Waals surface area contributed by atoms with E-state index in [-0.39, 0.29) is 18.6 Å². The van der Waals surface area contributed by atoms with Crippen LogP contribution >= 0.6 is 0 Å². The third-order valence-electron chi connectivity index (χ3n) is 5.27. The number of carbonyl (C=O) groups excluding carboxylic acids is 2. The Morgan fingerprint density at radius 1 is 1.00 bits per heavy atom. The van der Waals surface area contributed by atoms with Gasteiger partial charge in [0.25, 0.3) is 5.91 Å². The molecule has 30 heavy (non-hydrogen) atoms. The molecule has 1 atom stereocenters. The van der Waals surface area contributed by atoms with Crippen LogP contribution in [0.1, 0.15) is 40.4 Å². The second-order valence-corrected chi connectivity index (χ2v) is 7.13. The number of likely N-dealkylation sites (tertiary alicyclic amines) is 1. The van der Waals surface area contributed by atoms with Gasteiger partial charge in [-0.25, -0.2) is 4.79 Å². The number of esters is 1. The van der Waals surface area contributed by atoms with E-state index in [0.29, 0.717) is 29.4 Å². The Bertz CT molecular complexity index is 926. The minimum absolute atomic E-state index is 0.158. The molecule has 1 heterocycles. The Morgan fingerprint density at radius 2 is 1.73 bits per heavy atom. The van der Waals surface area contributed by atoms with Crippen LogP contribution < -0.4 is 14.2 Å². The lowest BCUT2D eigenvalue weighted by Crippen LogP contribution is -2.34. The highest BCUT2D eigenvalue weighted by atomic mass is 16.5. The zero-order valence-electron chi connectivity index (χ0n) is 17.8. The lowest BCUT2D eigenvalue weighted by molar-refractivity contribution is -0.135. The van der Waals surface area contributed by atoms with Gasteiger partial charge < -0.3 is 23.8 Å². The summed E-state index contributed by atoms with van der Waals surface area (Å²) in [6.45, 7) is 2.13. The van der Waals surface area contributed by atoms with E-state index in [1.54, 1.807) is 31.3 Å². The Kier molecular flexibility index (Phi) is 6.82. The minimum atomic E-state index is -0.585. The van der Waals surface area contributed by atoms with Gasteiger partial charge in [0.1, 0.15) is 22.8 Å². The van der Waals surface area contributed by atoms with E-state index >= 15 is 0 Å². The van der Waals surface area contributed by atoms with Gasteiger partial charge in [0.2, 0.25) is 0 Å². The van der Waals surface area contributed by atoms with E-state index in [0.717, 1.165) is 24.0 Å². The first kappa shape index (κ1) is 21.5. The molecular formula is C23H27NO6. The van der Waals surface area contributed by atoms with Gasteiger partial charge in [0, 0.05) is 12.1 Å². The molecule has 1 saturated heterocycles. The molecule has 0 aliphatic carbocycles. The lowest BCUT2D eigenvalue weighted by atomic mass is 10.0. The number of carbonyl (C=O) groups is 2. The van der Waals surface area contributed by atoms with Crippen LogP contribution in [0.5, 0.6) is 17.2 Å². The van der Waals surface area contributed by atoms with Crippen molar-refractivity contribution >= 4 is 11.9 Å². The topological polar surface area (TPSA) is 74.3 Å². The minimum Gasteiger partial charge on any atom is -0.497 e. The fraction of sp³-hybridized carbons (Fsp3) is 0.391. The van der Waals surface area contributed by atoms with Gasteiger partial charge in [-0.3, -0.25) is 4.79 Å². The molecule has 0 spiro atoms. The second kappa shape index (κ2) is 9.52. The van der Waals surface area contributed by atoms with Crippen molar-refractivity contribution in [3.05, 3.63) is 53.1 Å². The predicted molar refractivity (Wildman–Crippen MR) is 111 cm³/mol. The van der Waals surface area contributed by atoms with Gasteiger partial charge in [0.15, 0.2) is 6.61 Å². The number of nitrogens with zero attached hydrogens (tertiary/aromatic N) is 1. The molecule has 2 aromatic rings. The van der Waals surface area contributed by atoms with Crippen molar-refractivity contribution in [3.8, 4) is 17.2 Å². The van der Waals surface area contributed by atoms with Crippen LogP contribution in [0, 0.1) is 6.92 Å². The average molecular weight is 413 g/mol. The Balaban J connectivity index is 1.73. The maximum Gasteiger partial charge on any atom is 0.342 e. The smallest absolute Gasteiger partial charge is 0.342 e. The monoisotopic (exact) mass is 413 g/mol. The Morgan fingerprint density at radius 3 is 2.43 bits per heavy atom. The standard InChI is InChI=1S/C23H27NO6/c1-15-7-9-21(29-4)18(12-15)23(26)30-14-22(25)24-11-5-6-19(24)17-13-16(27-2)8-10-20(17)28-3/h7-10,12-13,19H,5-6,11,14H2,1-4H3/t19-/m1/s1. The molecule has 0 bridgehead atoms. The summed E-state index contributed by atoms with van der Waals surface area (Å²) < 4.78 is 21.4. The molecule has 160 valence electrons. The van der Waals surface area contributed by atoms with E-state index in [2.05, 4.69) is 0 Å². The van der Waals surface area contributed by atoms with Crippen molar-refractivity contribution < 1.29 is 28.5 Å². The molecule has 0 N–H and O–H groups in total. The zero-order valence-corrected chi connectivity index (χ0v) is 17.8. The Labute approximate surface area is 176 Å². The van der Waals surface area contributed by atoms with Crippen molar-refractivity contribution in [3.63, 3.8) is 0 Å². The molecule has 1 aliphatic heterocycles. The SMILES string of the molecule is COc1ccc(OC)c([C@H]2CCCN2C(=O)COC(=O)c2cc(C)ccc2OC)c1. The maximum atomic E-state index is 12.9.